The molecule has 1 aromatic carbocycles. The summed E-state index contributed by atoms with van der Waals surface area (Å²) in [4.78, 5) is 45.0. The number of hydrogen-bond acceptors (Lipinski definition) is 3. The number of carbonyl (C=O) groups is 3. The summed E-state index contributed by atoms with van der Waals surface area (Å²) in [5.74, 6) is 2.75. The SMILES string of the molecule is Cc1cccc(N(C(N)=O)C2CCCC(C3CCCCC3)N(CC(=O)C34CC5CC(CC(C5)C3)C4)C2=O)c1. The number of Topliss-reactive ketones (excluding diaryl/α,β-unsaturated/α-hetero) is 1. The Morgan fingerprint density at radius 3 is 2.21 bits per heavy atom. The lowest BCUT2D eigenvalue weighted by Crippen LogP contribution is -2.58. The molecule has 2 atom stereocenters. The maximum Gasteiger partial charge on any atom is 0.320 e. The van der Waals surface area contributed by atoms with Crippen molar-refractivity contribution < 1.29 is 14.4 Å². The number of amides is 3. The molecular weight excluding hydrogens is 474 g/mol. The minimum Gasteiger partial charge on any atom is -0.351 e. The second-order valence-electron chi connectivity index (χ2n) is 13.5. The number of carbonyl (C=O) groups excluding carboxylic acids is 3. The number of rotatable bonds is 6. The van der Waals surface area contributed by atoms with E-state index in [1.54, 1.807) is 0 Å². The normalized spacial score (nSPS) is 35.2. The number of anilines is 1. The van der Waals surface area contributed by atoms with Crippen LogP contribution in [0.5, 0.6) is 0 Å². The van der Waals surface area contributed by atoms with Gasteiger partial charge in [-0.1, -0.05) is 31.4 Å². The molecule has 1 saturated heterocycles. The fourth-order valence-electron chi connectivity index (χ4n) is 9.61. The minimum absolute atomic E-state index is 0.0727. The van der Waals surface area contributed by atoms with Gasteiger partial charge < -0.3 is 10.6 Å². The quantitative estimate of drug-likeness (QED) is 0.501. The largest absolute Gasteiger partial charge is 0.351 e. The van der Waals surface area contributed by atoms with E-state index in [9.17, 15) is 14.4 Å². The molecule has 6 heteroatoms. The fourth-order valence-corrected chi connectivity index (χ4v) is 9.61. The van der Waals surface area contributed by atoms with Crippen LogP contribution in [0.1, 0.15) is 95.5 Å². The van der Waals surface area contributed by atoms with Gasteiger partial charge in [0.25, 0.3) is 0 Å². The molecule has 38 heavy (non-hydrogen) atoms. The van der Waals surface area contributed by atoms with Gasteiger partial charge in [-0.2, -0.15) is 0 Å². The molecule has 3 amide bonds. The molecular formula is C32H45N3O3. The second-order valence-corrected chi connectivity index (χ2v) is 13.5. The Bertz CT molecular complexity index is 1040. The molecule has 7 rings (SSSR count). The summed E-state index contributed by atoms with van der Waals surface area (Å²) in [7, 11) is 0. The average Bonchev–Trinajstić information content (AvgIpc) is 3.03. The van der Waals surface area contributed by atoms with Crippen molar-refractivity contribution in [2.75, 3.05) is 11.4 Å². The van der Waals surface area contributed by atoms with E-state index in [-0.39, 0.29) is 23.9 Å². The van der Waals surface area contributed by atoms with E-state index in [0.29, 0.717) is 41.6 Å². The van der Waals surface area contributed by atoms with Gasteiger partial charge in [0, 0.05) is 17.1 Å². The van der Waals surface area contributed by atoms with Crippen molar-refractivity contribution in [3.63, 3.8) is 0 Å². The number of nitrogens with two attached hydrogens (primary N) is 1. The summed E-state index contributed by atoms with van der Waals surface area (Å²) < 4.78 is 0. The first-order valence-electron chi connectivity index (χ1n) is 15.3. The van der Waals surface area contributed by atoms with Crippen molar-refractivity contribution in [2.24, 2.45) is 34.8 Å². The third-order valence-corrected chi connectivity index (χ3v) is 10.9. The lowest BCUT2D eigenvalue weighted by Gasteiger charge is -2.56. The minimum atomic E-state index is -0.660. The highest BCUT2D eigenvalue weighted by Crippen LogP contribution is 2.60. The summed E-state index contributed by atoms with van der Waals surface area (Å²) in [5.41, 5.74) is 7.39. The Morgan fingerprint density at radius 1 is 0.947 bits per heavy atom. The third-order valence-electron chi connectivity index (χ3n) is 10.9. The van der Waals surface area contributed by atoms with E-state index in [1.165, 1.54) is 43.4 Å². The first-order chi connectivity index (χ1) is 18.3. The monoisotopic (exact) mass is 519 g/mol. The summed E-state index contributed by atoms with van der Waals surface area (Å²) in [6.45, 7) is 2.19. The highest BCUT2D eigenvalue weighted by Gasteiger charge is 2.55. The summed E-state index contributed by atoms with van der Waals surface area (Å²) >= 11 is 0. The van der Waals surface area contributed by atoms with Crippen molar-refractivity contribution in [1.82, 2.24) is 4.90 Å². The summed E-state index contributed by atoms with van der Waals surface area (Å²) in [5, 5.41) is 0. The van der Waals surface area contributed by atoms with Gasteiger partial charge in [-0.15, -0.1) is 0 Å². The summed E-state index contributed by atoms with van der Waals surface area (Å²) in [6, 6.07) is 6.49. The van der Waals surface area contributed by atoms with Crippen LogP contribution >= 0.6 is 0 Å². The Hall–Kier alpha value is -2.37. The Kier molecular flexibility index (Phi) is 7.02. The Morgan fingerprint density at radius 2 is 1.61 bits per heavy atom. The number of benzene rings is 1. The van der Waals surface area contributed by atoms with Crippen LogP contribution in [-0.4, -0.2) is 41.2 Å². The molecule has 4 bridgehead atoms. The molecule has 1 heterocycles. The van der Waals surface area contributed by atoms with Crippen LogP contribution in [0.15, 0.2) is 24.3 Å². The van der Waals surface area contributed by atoms with E-state index in [0.717, 1.165) is 50.5 Å². The predicted octanol–water partition coefficient (Wildman–Crippen LogP) is 6.00. The van der Waals surface area contributed by atoms with Crippen molar-refractivity contribution in [2.45, 2.75) is 109 Å². The number of hydrogen-bond donors (Lipinski definition) is 1. The topological polar surface area (TPSA) is 83.7 Å². The van der Waals surface area contributed by atoms with Gasteiger partial charge in [-0.05, 0) is 119 Å². The molecule has 5 saturated carbocycles. The van der Waals surface area contributed by atoms with Gasteiger partial charge in [0.2, 0.25) is 5.91 Å². The van der Waals surface area contributed by atoms with Crippen LogP contribution in [0.3, 0.4) is 0 Å². The van der Waals surface area contributed by atoms with Gasteiger partial charge in [0.1, 0.15) is 6.04 Å². The molecule has 6 fully saturated rings. The van der Waals surface area contributed by atoms with Gasteiger partial charge in [0.05, 0.1) is 6.54 Å². The molecule has 206 valence electrons. The number of primary amides is 1. The van der Waals surface area contributed by atoms with Crippen LogP contribution in [0.2, 0.25) is 0 Å². The Labute approximate surface area is 227 Å². The number of urea groups is 1. The molecule has 2 unspecified atom stereocenters. The van der Waals surface area contributed by atoms with Crippen LogP contribution < -0.4 is 10.6 Å². The van der Waals surface area contributed by atoms with Crippen LogP contribution in [0.4, 0.5) is 10.5 Å². The first kappa shape index (κ1) is 25.9. The first-order valence-corrected chi connectivity index (χ1v) is 15.3. The number of likely N-dealkylation sites (tertiary alicyclic amines) is 1. The zero-order valence-corrected chi connectivity index (χ0v) is 23.1. The van der Waals surface area contributed by atoms with Gasteiger partial charge in [0.15, 0.2) is 5.78 Å². The number of ketones is 1. The van der Waals surface area contributed by atoms with Crippen molar-refractivity contribution in [1.29, 1.82) is 0 Å². The summed E-state index contributed by atoms with van der Waals surface area (Å²) in [6.07, 6.45) is 15.2. The lowest BCUT2D eigenvalue weighted by atomic mass is 9.48. The third kappa shape index (κ3) is 4.77. The molecule has 6 nitrogen and oxygen atoms in total. The van der Waals surface area contributed by atoms with Crippen molar-refractivity contribution in [3.8, 4) is 0 Å². The zero-order chi connectivity index (χ0) is 26.4. The van der Waals surface area contributed by atoms with E-state index >= 15 is 0 Å². The molecule has 1 aliphatic heterocycles. The Balaban J connectivity index is 1.31. The predicted molar refractivity (Wildman–Crippen MR) is 149 cm³/mol. The van der Waals surface area contributed by atoms with E-state index in [2.05, 4.69) is 0 Å². The van der Waals surface area contributed by atoms with Crippen molar-refractivity contribution in [3.05, 3.63) is 29.8 Å². The molecule has 2 N–H and O–H groups in total. The molecule has 0 radical (unpaired) electrons. The van der Waals surface area contributed by atoms with Crippen LogP contribution in [0, 0.1) is 36.0 Å². The standard InChI is InChI=1S/C32H45N3O3/c1-21-7-5-10-26(13-21)35(31(33)38)28-12-6-11-27(25-8-3-2-4-9-25)34(30(28)37)20-29(36)32-17-22-14-23(18-32)16-24(15-22)19-32/h5,7,10,13,22-25,27-28H,2-4,6,8-9,11-12,14-20H2,1H3,(H2,33,38). The van der Waals surface area contributed by atoms with Crippen molar-refractivity contribution >= 4 is 23.4 Å². The van der Waals surface area contributed by atoms with Crippen LogP contribution in [-0.2, 0) is 9.59 Å². The van der Waals surface area contributed by atoms with Gasteiger partial charge in [-0.3, -0.25) is 14.5 Å². The lowest BCUT2D eigenvalue weighted by molar-refractivity contribution is -0.151. The fraction of sp³-hybridized carbons (Fsp3) is 0.719. The van der Waals surface area contributed by atoms with E-state index < -0.39 is 12.1 Å². The molecule has 0 spiro atoms. The average molecular weight is 520 g/mol. The highest BCUT2D eigenvalue weighted by molar-refractivity contribution is 6.00. The molecule has 5 aliphatic carbocycles. The number of nitrogens with zero attached hydrogens (tertiary/aromatic N) is 2. The maximum absolute atomic E-state index is 14.5. The molecule has 1 aromatic rings. The molecule has 0 aromatic heterocycles. The highest BCUT2D eigenvalue weighted by atomic mass is 16.2. The van der Waals surface area contributed by atoms with Gasteiger partial charge in [-0.25, -0.2) is 4.79 Å². The van der Waals surface area contributed by atoms with E-state index in [1.807, 2.05) is 36.1 Å². The molecule has 6 aliphatic rings. The van der Waals surface area contributed by atoms with Crippen LogP contribution in [0.25, 0.3) is 0 Å². The number of aryl methyl sites for hydroxylation is 1. The van der Waals surface area contributed by atoms with Gasteiger partial charge >= 0.3 is 6.03 Å². The van der Waals surface area contributed by atoms with E-state index in [4.69, 9.17) is 5.73 Å². The maximum atomic E-state index is 14.5. The second kappa shape index (κ2) is 10.3. The smallest absolute Gasteiger partial charge is 0.320 e. The zero-order valence-electron chi connectivity index (χ0n) is 23.1.